The number of esters is 1. The summed E-state index contributed by atoms with van der Waals surface area (Å²) in [6, 6.07) is 10.4. The number of rotatable bonds is 3. The number of hydrogen-bond acceptors (Lipinski definition) is 3. The van der Waals surface area contributed by atoms with Crippen LogP contribution in [0.3, 0.4) is 0 Å². The van der Waals surface area contributed by atoms with Gasteiger partial charge in [-0.05, 0) is 25.3 Å². The van der Waals surface area contributed by atoms with Gasteiger partial charge in [-0.1, -0.05) is 30.3 Å². The molecule has 0 bridgehead atoms. The van der Waals surface area contributed by atoms with Gasteiger partial charge >= 0.3 is 5.97 Å². The predicted octanol–water partition coefficient (Wildman–Crippen LogP) is 2.04. The Morgan fingerprint density at radius 2 is 2.12 bits per heavy atom. The van der Waals surface area contributed by atoms with Gasteiger partial charge in [0.05, 0.1) is 6.61 Å². The number of benzene rings is 1. The average molecular weight is 219 g/mol. The average Bonchev–Trinajstić information content (AvgIpc) is 2.80. The van der Waals surface area contributed by atoms with Crippen LogP contribution in [0, 0.1) is 0 Å². The molecule has 1 fully saturated rings. The molecule has 0 aromatic heterocycles. The molecule has 1 saturated heterocycles. The SMILES string of the molecule is CCOC(=O)[C@H]1CC[C@@H](c2ccccc2)N1. The van der Waals surface area contributed by atoms with Gasteiger partial charge in [-0.3, -0.25) is 10.1 Å². The second kappa shape index (κ2) is 5.12. The zero-order valence-electron chi connectivity index (χ0n) is 9.48. The molecule has 1 aliphatic heterocycles. The number of carbonyl (C=O) groups excluding carboxylic acids is 1. The summed E-state index contributed by atoms with van der Waals surface area (Å²) in [5.41, 5.74) is 1.24. The third-order valence-corrected chi connectivity index (χ3v) is 2.92. The van der Waals surface area contributed by atoms with Gasteiger partial charge < -0.3 is 4.74 Å². The molecule has 1 aromatic rings. The fraction of sp³-hybridized carbons (Fsp3) is 0.462. The van der Waals surface area contributed by atoms with Crippen LogP contribution in [-0.4, -0.2) is 18.6 Å². The molecule has 3 nitrogen and oxygen atoms in total. The van der Waals surface area contributed by atoms with E-state index in [4.69, 9.17) is 4.74 Å². The van der Waals surface area contributed by atoms with Crippen molar-refractivity contribution in [2.75, 3.05) is 6.61 Å². The molecule has 2 atom stereocenters. The number of hydrogen-bond donors (Lipinski definition) is 1. The van der Waals surface area contributed by atoms with E-state index in [2.05, 4.69) is 17.4 Å². The van der Waals surface area contributed by atoms with E-state index in [1.165, 1.54) is 5.56 Å². The van der Waals surface area contributed by atoms with Gasteiger partial charge in [0.15, 0.2) is 0 Å². The molecule has 0 amide bonds. The van der Waals surface area contributed by atoms with Crippen LogP contribution in [0.4, 0.5) is 0 Å². The first-order chi connectivity index (χ1) is 7.81. The summed E-state index contributed by atoms with van der Waals surface area (Å²) in [6.45, 7) is 2.29. The van der Waals surface area contributed by atoms with Crippen LogP contribution in [0.15, 0.2) is 30.3 Å². The second-order valence-corrected chi connectivity index (χ2v) is 4.01. The lowest BCUT2D eigenvalue weighted by atomic mass is 10.1. The minimum absolute atomic E-state index is 0.124. The molecule has 1 aliphatic rings. The van der Waals surface area contributed by atoms with Crippen molar-refractivity contribution in [2.24, 2.45) is 0 Å². The van der Waals surface area contributed by atoms with Crippen LogP contribution in [0.2, 0.25) is 0 Å². The summed E-state index contributed by atoms with van der Waals surface area (Å²) in [6.07, 6.45) is 1.85. The van der Waals surface area contributed by atoms with Crippen molar-refractivity contribution < 1.29 is 9.53 Å². The Kier molecular flexibility index (Phi) is 3.57. The number of ether oxygens (including phenoxy) is 1. The number of carbonyl (C=O) groups is 1. The standard InChI is InChI=1S/C13H17NO2/c1-2-16-13(15)12-9-8-11(14-12)10-6-4-3-5-7-10/h3-7,11-12,14H,2,8-9H2,1H3/t11-,12+/m0/s1. The Morgan fingerprint density at radius 3 is 2.81 bits per heavy atom. The van der Waals surface area contributed by atoms with E-state index < -0.39 is 0 Å². The molecule has 0 radical (unpaired) electrons. The molecule has 2 rings (SSSR count). The second-order valence-electron chi connectivity index (χ2n) is 4.01. The van der Waals surface area contributed by atoms with Gasteiger partial charge in [0, 0.05) is 6.04 Å². The minimum Gasteiger partial charge on any atom is -0.465 e. The summed E-state index contributed by atoms with van der Waals surface area (Å²) < 4.78 is 5.01. The van der Waals surface area contributed by atoms with Crippen molar-refractivity contribution in [1.29, 1.82) is 0 Å². The van der Waals surface area contributed by atoms with Crippen LogP contribution in [0.1, 0.15) is 31.4 Å². The summed E-state index contributed by atoms with van der Waals surface area (Å²) in [5, 5.41) is 3.32. The first-order valence-electron chi connectivity index (χ1n) is 5.79. The molecule has 0 saturated carbocycles. The van der Waals surface area contributed by atoms with E-state index in [0.29, 0.717) is 6.61 Å². The Labute approximate surface area is 95.8 Å². The maximum atomic E-state index is 11.5. The molecule has 0 unspecified atom stereocenters. The normalized spacial score (nSPS) is 24.3. The highest BCUT2D eigenvalue weighted by Gasteiger charge is 2.30. The van der Waals surface area contributed by atoms with Gasteiger partial charge in [0.1, 0.15) is 6.04 Å². The van der Waals surface area contributed by atoms with Crippen LogP contribution in [-0.2, 0) is 9.53 Å². The van der Waals surface area contributed by atoms with Crippen LogP contribution in [0.5, 0.6) is 0 Å². The molecule has 0 aliphatic carbocycles. The highest BCUT2D eigenvalue weighted by Crippen LogP contribution is 2.26. The van der Waals surface area contributed by atoms with Crippen molar-refractivity contribution in [1.82, 2.24) is 5.32 Å². The summed E-state index contributed by atoms with van der Waals surface area (Å²) in [7, 11) is 0. The van der Waals surface area contributed by atoms with E-state index in [0.717, 1.165) is 12.8 Å². The van der Waals surface area contributed by atoms with Crippen LogP contribution >= 0.6 is 0 Å². The zero-order chi connectivity index (χ0) is 11.4. The van der Waals surface area contributed by atoms with E-state index in [9.17, 15) is 4.79 Å². The monoisotopic (exact) mass is 219 g/mol. The molecule has 16 heavy (non-hydrogen) atoms. The number of nitrogens with one attached hydrogen (secondary N) is 1. The van der Waals surface area contributed by atoms with Crippen molar-refractivity contribution in [3.8, 4) is 0 Å². The lowest BCUT2D eigenvalue weighted by Crippen LogP contribution is -2.33. The topological polar surface area (TPSA) is 38.3 Å². The zero-order valence-corrected chi connectivity index (χ0v) is 9.48. The van der Waals surface area contributed by atoms with Gasteiger partial charge in [0.25, 0.3) is 0 Å². The molecule has 1 heterocycles. The van der Waals surface area contributed by atoms with Gasteiger partial charge in [0.2, 0.25) is 0 Å². The van der Waals surface area contributed by atoms with Crippen molar-refractivity contribution in [2.45, 2.75) is 31.8 Å². The first kappa shape index (κ1) is 11.1. The quantitative estimate of drug-likeness (QED) is 0.791. The van der Waals surface area contributed by atoms with E-state index in [1.807, 2.05) is 25.1 Å². The smallest absolute Gasteiger partial charge is 0.323 e. The molecule has 1 N–H and O–H groups in total. The van der Waals surface area contributed by atoms with Crippen LogP contribution < -0.4 is 5.32 Å². The van der Waals surface area contributed by atoms with E-state index in [-0.39, 0.29) is 18.1 Å². The molecule has 1 aromatic carbocycles. The largest absolute Gasteiger partial charge is 0.465 e. The van der Waals surface area contributed by atoms with Gasteiger partial charge in [-0.2, -0.15) is 0 Å². The summed E-state index contributed by atoms with van der Waals surface area (Å²) in [5.74, 6) is -0.124. The molecule has 86 valence electrons. The summed E-state index contributed by atoms with van der Waals surface area (Å²) >= 11 is 0. The Morgan fingerprint density at radius 1 is 1.38 bits per heavy atom. The Bertz CT molecular complexity index is 350. The fourth-order valence-corrected chi connectivity index (χ4v) is 2.12. The lowest BCUT2D eigenvalue weighted by Gasteiger charge is -2.13. The van der Waals surface area contributed by atoms with Gasteiger partial charge in [-0.15, -0.1) is 0 Å². The highest BCUT2D eigenvalue weighted by molar-refractivity contribution is 5.76. The Hall–Kier alpha value is -1.35. The maximum absolute atomic E-state index is 11.5. The van der Waals surface area contributed by atoms with Crippen molar-refractivity contribution in [3.05, 3.63) is 35.9 Å². The fourth-order valence-electron chi connectivity index (χ4n) is 2.12. The third kappa shape index (κ3) is 2.42. The third-order valence-electron chi connectivity index (χ3n) is 2.92. The van der Waals surface area contributed by atoms with Crippen LogP contribution in [0.25, 0.3) is 0 Å². The van der Waals surface area contributed by atoms with Crippen molar-refractivity contribution in [3.63, 3.8) is 0 Å². The highest BCUT2D eigenvalue weighted by atomic mass is 16.5. The Balaban J connectivity index is 1.96. The van der Waals surface area contributed by atoms with E-state index >= 15 is 0 Å². The molecule has 3 heteroatoms. The first-order valence-corrected chi connectivity index (χ1v) is 5.79. The summed E-state index contributed by atoms with van der Waals surface area (Å²) in [4.78, 5) is 11.5. The predicted molar refractivity (Wildman–Crippen MR) is 62.0 cm³/mol. The maximum Gasteiger partial charge on any atom is 0.323 e. The van der Waals surface area contributed by atoms with E-state index in [1.54, 1.807) is 0 Å². The molecule has 0 spiro atoms. The van der Waals surface area contributed by atoms with Crippen molar-refractivity contribution >= 4 is 5.97 Å². The molecular formula is C13H17NO2. The molecular weight excluding hydrogens is 202 g/mol. The van der Waals surface area contributed by atoms with Gasteiger partial charge in [-0.25, -0.2) is 0 Å². The lowest BCUT2D eigenvalue weighted by molar-refractivity contribution is -0.145. The minimum atomic E-state index is -0.134.